The zero-order valence-corrected chi connectivity index (χ0v) is 11.5. The maximum atomic E-state index is 4.22. The lowest BCUT2D eigenvalue weighted by atomic mass is 10.1. The van der Waals surface area contributed by atoms with Crippen LogP contribution in [0.2, 0.25) is 0 Å². The molecule has 3 heteroatoms. The molecule has 102 valence electrons. The number of rotatable bonds is 3. The molecule has 2 N–H and O–H groups in total. The minimum absolute atomic E-state index is 0.784. The normalized spacial score (nSPS) is 11.0. The van der Waals surface area contributed by atoms with Gasteiger partial charge in [-0.25, -0.2) is 0 Å². The van der Waals surface area contributed by atoms with Crippen LogP contribution in [0.15, 0.2) is 67.1 Å². The summed E-state index contributed by atoms with van der Waals surface area (Å²) in [6.45, 7) is 0.784. The van der Waals surface area contributed by atoms with E-state index in [1.807, 2.05) is 24.7 Å². The van der Waals surface area contributed by atoms with Gasteiger partial charge in [0.25, 0.3) is 0 Å². The van der Waals surface area contributed by atoms with Crippen LogP contribution in [0, 0.1) is 0 Å². The number of nitrogens with zero attached hydrogens (tertiary/aromatic N) is 1. The van der Waals surface area contributed by atoms with Crippen molar-refractivity contribution in [2.24, 2.45) is 0 Å². The summed E-state index contributed by atoms with van der Waals surface area (Å²) in [5.74, 6) is 0. The summed E-state index contributed by atoms with van der Waals surface area (Å²) < 4.78 is 0. The van der Waals surface area contributed by atoms with Crippen LogP contribution in [0.5, 0.6) is 0 Å². The fourth-order valence-electron chi connectivity index (χ4n) is 2.75. The van der Waals surface area contributed by atoms with Crippen LogP contribution >= 0.6 is 0 Å². The first-order chi connectivity index (χ1) is 10.4. The molecule has 0 amide bonds. The quantitative estimate of drug-likeness (QED) is 0.583. The number of anilines is 1. The third-order valence-corrected chi connectivity index (χ3v) is 3.83. The Bertz CT molecular complexity index is 903. The maximum Gasteiger partial charge on any atom is 0.0504 e. The second-order valence-corrected chi connectivity index (χ2v) is 5.11. The molecule has 21 heavy (non-hydrogen) atoms. The van der Waals surface area contributed by atoms with Gasteiger partial charge in [-0.1, -0.05) is 30.3 Å². The van der Waals surface area contributed by atoms with Crippen LogP contribution in [-0.4, -0.2) is 9.97 Å². The lowest BCUT2D eigenvalue weighted by Gasteiger charge is -2.10. The van der Waals surface area contributed by atoms with Gasteiger partial charge in [-0.3, -0.25) is 4.98 Å². The van der Waals surface area contributed by atoms with E-state index in [4.69, 9.17) is 0 Å². The third-order valence-electron chi connectivity index (χ3n) is 3.83. The van der Waals surface area contributed by atoms with E-state index in [9.17, 15) is 0 Å². The van der Waals surface area contributed by atoms with E-state index < -0.39 is 0 Å². The van der Waals surface area contributed by atoms with E-state index in [1.54, 1.807) is 0 Å². The molecule has 0 saturated heterocycles. The van der Waals surface area contributed by atoms with Gasteiger partial charge in [0, 0.05) is 36.2 Å². The number of fused-ring (bicyclic) bond motifs is 2. The third kappa shape index (κ3) is 2.13. The second-order valence-electron chi connectivity index (χ2n) is 5.11. The molecule has 2 aromatic carbocycles. The topological polar surface area (TPSA) is 40.7 Å². The zero-order chi connectivity index (χ0) is 14.1. The molecule has 0 bridgehead atoms. The molecule has 0 radical (unpaired) electrons. The van der Waals surface area contributed by atoms with Crippen molar-refractivity contribution < 1.29 is 0 Å². The summed E-state index contributed by atoms with van der Waals surface area (Å²) in [6, 6.07) is 16.8. The molecule has 0 unspecified atom stereocenters. The Balaban J connectivity index is 1.68. The lowest BCUT2D eigenvalue weighted by molar-refractivity contribution is 1.16. The van der Waals surface area contributed by atoms with E-state index in [-0.39, 0.29) is 0 Å². The molecule has 2 heterocycles. The van der Waals surface area contributed by atoms with Gasteiger partial charge in [-0.05, 0) is 34.5 Å². The fourth-order valence-corrected chi connectivity index (χ4v) is 2.75. The standard InChI is InChI=1S/C18H15N3/c1-4-14-8-10-20-18(14)15(5-1)11-21-17-6-2-3-13-7-9-19-12-16(13)17/h1-10,12,20-21H,11H2. The maximum absolute atomic E-state index is 4.22. The van der Waals surface area contributed by atoms with Crippen LogP contribution in [0.3, 0.4) is 0 Å². The molecular weight excluding hydrogens is 258 g/mol. The summed E-state index contributed by atoms with van der Waals surface area (Å²) in [7, 11) is 0. The molecule has 3 nitrogen and oxygen atoms in total. The smallest absolute Gasteiger partial charge is 0.0504 e. The summed E-state index contributed by atoms with van der Waals surface area (Å²) >= 11 is 0. The average molecular weight is 273 g/mol. The van der Waals surface area contributed by atoms with Crippen molar-refractivity contribution in [1.29, 1.82) is 0 Å². The molecule has 0 saturated carbocycles. The van der Waals surface area contributed by atoms with E-state index in [0.29, 0.717) is 0 Å². The molecule has 4 aromatic rings. The first-order valence-electron chi connectivity index (χ1n) is 7.03. The molecule has 0 atom stereocenters. The number of H-pyrrole nitrogens is 1. The average Bonchev–Trinajstić information content (AvgIpc) is 3.02. The number of aromatic amines is 1. The molecule has 2 aromatic heterocycles. The first-order valence-corrected chi connectivity index (χ1v) is 7.03. The van der Waals surface area contributed by atoms with Gasteiger partial charge in [0.1, 0.15) is 0 Å². The van der Waals surface area contributed by atoms with Gasteiger partial charge >= 0.3 is 0 Å². The van der Waals surface area contributed by atoms with Crippen LogP contribution < -0.4 is 5.32 Å². The van der Waals surface area contributed by atoms with Crippen molar-refractivity contribution in [3.63, 3.8) is 0 Å². The molecule has 0 spiro atoms. The number of hydrogen-bond donors (Lipinski definition) is 2. The van der Waals surface area contributed by atoms with Gasteiger partial charge < -0.3 is 10.3 Å². The Morgan fingerprint density at radius 2 is 1.86 bits per heavy atom. The molecule has 0 fully saturated rings. The van der Waals surface area contributed by atoms with Gasteiger partial charge in [0.2, 0.25) is 0 Å². The van der Waals surface area contributed by atoms with Crippen molar-refractivity contribution in [2.45, 2.75) is 6.54 Å². The Morgan fingerprint density at radius 3 is 2.86 bits per heavy atom. The minimum Gasteiger partial charge on any atom is -0.380 e. The lowest BCUT2D eigenvalue weighted by Crippen LogP contribution is -2.00. The van der Waals surface area contributed by atoms with Crippen LogP contribution in [0.25, 0.3) is 21.7 Å². The molecule has 4 rings (SSSR count). The van der Waals surface area contributed by atoms with Crippen LogP contribution in [0.4, 0.5) is 5.69 Å². The minimum atomic E-state index is 0.784. The monoisotopic (exact) mass is 273 g/mol. The summed E-state index contributed by atoms with van der Waals surface area (Å²) in [5, 5.41) is 7.12. The Labute approximate surface area is 122 Å². The second kappa shape index (κ2) is 4.94. The molecule has 0 aliphatic heterocycles. The Hall–Kier alpha value is -2.81. The number of aromatic nitrogens is 2. The summed E-state index contributed by atoms with van der Waals surface area (Å²) in [4.78, 5) is 7.53. The highest BCUT2D eigenvalue weighted by molar-refractivity contribution is 5.93. The summed E-state index contributed by atoms with van der Waals surface area (Å²) in [6.07, 6.45) is 5.72. The highest BCUT2D eigenvalue weighted by Gasteiger charge is 2.03. The van der Waals surface area contributed by atoms with E-state index in [1.165, 1.54) is 21.9 Å². The van der Waals surface area contributed by atoms with Crippen molar-refractivity contribution in [3.05, 3.63) is 72.7 Å². The van der Waals surface area contributed by atoms with E-state index >= 15 is 0 Å². The number of pyridine rings is 1. The number of benzene rings is 2. The number of para-hydroxylation sites is 1. The largest absolute Gasteiger partial charge is 0.380 e. The predicted octanol–water partition coefficient (Wildman–Crippen LogP) is 4.33. The van der Waals surface area contributed by atoms with Crippen molar-refractivity contribution in [3.8, 4) is 0 Å². The molecule has 0 aliphatic carbocycles. The number of nitrogens with one attached hydrogen (secondary N) is 2. The highest BCUT2D eigenvalue weighted by atomic mass is 14.9. The fraction of sp³-hybridized carbons (Fsp3) is 0.0556. The zero-order valence-electron chi connectivity index (χ0n) is 11.5. The molecular formula is C18H15N3. The highest BCUT2D eigenvalue weighted by Crippen LogP contribution is 2.24. The number of hydrogen-bond acceptors (Lipinski definition) is 2. The summed E-state index contributed by atoms with van der Waals surface area (Å²) in [5.41, 5.74) is 3.57. The Morgan fingerprint density at radius 1 is 0.952 bits per heavy atom. The van der Waals surface area contributed by atoms with Gasteiger partial charge in [0.15, 0.2) is 0 Å². The van der Waals surface area contributed by atoms with E-state index in [0.717, 1.165) is 17.6 Å². The van der Waals surface area contributed by atoms with Crippen molar-refractivity contribution >= 4 is 27.4 Å². The van der Waals surface area contributed by atoms with Gasteiger partial charge in [0.05, 0.1) is 5.52 Å². The van der Waals surface area contributed by atoms with E-state index in [2.05, 4.69) is 57.7 Å². The van der Waals surface area contributed by atoms with Crippen LogP contribution in [0.1, 0.15) is 5.56 Å². The molecule has 0 aliphatic rings. The van der Waals surface area contributed by atoms with Crippen molar-refractivity contribution in [2.75, 3.05) is 5.32 Å². The first kappa shape index (κ1) is 12.0. The van der Waals surface area contributed by atoms with Crippen molar-refractivity contribution in [1.82, 2.24) is 9.97 Å². The SMILES string of the molecule is c1cc(NCc2cccc3cc[nH]c23)c2cnccc2c1. The Kier molecular flexibility index (Phi) is 2.82. The predicted molar refractivity (Wildman–Crippen MR) is 87.4 cm³/mol. The van der Waals surface area contributed by atoms with Crippen LogP contribution in [-0.2, 0) is 6.54 Å². The van der Waals surface area contributed by atoms with Gasteiger partial charge in [-0.15, -0.1) is 0 Å². The van der Waals surface area contributed by atoms with Gasteiger partial charge in [-0.2, -0.15) is 0 Å².